The van der Waals surface area contributed by atoms with E-state index in [2.05, 4.69) is 16.0 Å². The van der Waals surface area contributed by atoms with Crippen molar-refractivity contribution in [3.63, 3.8) is 0 Å². The molecular weight excluding hydrogens is 322 g/mol. The summed E-state index contributed by atoms with van der Waals surface area (Å²) in [6.45, 7) is 4.44. The van der Waals surface area contributed by atoms with Gasteiger partial charge < -0.3 is 25.4 Å². The van der Waals surface area contributed by atoms with Crippen LogP contribution >= 0.6 is 0 Å². The summed E-state index contributed by atoms with van der Waals surface area (Å²) in [6.07, 6.45) is 1.50. The number of rotatable bonds is 8. The van der Waals surface area contributed by atoms with Crippen molar-refractivity contribution in [2.24, 2.45) is 5.41 Å². The molecule has 1 fully saturated rings. The summed E-state index contributed by atoms with van der Waals surface area (Å²) >= 11 is 0. The van der Waals surface area contributed by atoms with Gasteiger partial charge in [-0.05, 0) is 57.1 Å². The number of carbonyl (C=O) groups is 2. The van der Waals surface area contributed by atoms with Gasteiger partial charge in [-0.3, -0.25) is 9.59 Å². The molecule has 0 aromatic heterocycles. The molecule has 1 aromatic carbocycles. The Hall–Kier alpha value is -2.12. The second kappa shape index (κ2) is 9.39. The lowest BCUT2D eigenvalue weighted by Crippen LogP contribution is -2.47. The van der Waals surface area contributed by atoms with Gasteiger partial charge >= 0.3 is 0 Å². The van der Waals surface area contributed by atoms with E-state index in [9.17, 15) is 9.59 Å². The normalized spacial score (nSPS) is 16.1. The minimum atomic E-state index is -0.493. The third kappa shape index (κ3) is 5.44. The Labute approximate surface area is 148 Å². The lowest BCUT2D eigenvalue weighted by atomic mass is 9.78. The number of benzene rings is 1. The fraction of sp³-hybridized carbons (Fsp3) is 0.556. The summed E-state index contributed by atoms with van der Waals surface area (Å²) in [4.78, 5) is 24.1. The molecule has 2 amide bonds. The van der Waals surface area contributed by atoms with Crippen molar-refractivity contribution in [2.75, 3.05) is 45.3 Å². The van der Waals surface area contributed by atoms with Gasteiger partial charge in [-0.2, -0.15) is 0 Å². The third-order valence-electron chi connectivity index (χ3n) is 4.32. The molecular formula is C18H27N3O4. The third-order valence-corrected chi connectivity index (χ3v) is 4.32. The van der Waals surface area contributed by atoms with E-state index >= 15 is 0 Å². The Morgan fingerprint density at radius 3 is 2.48 bits per heavy atom. The predicted octanol–water partition coefficient (Wildman–Crippen LogP) is 1.16. The van der Waals surface area contributed by atoms with E-state index in [-0.39, 0.29) is 18.4 Å². The highest BCUT2D eigenvalue weighted by atomic mass is 16.5. The number of amides is 2. The molecule has 7 nitrogen and oxygen atoms in total. The Morgan fingerprint density at radius 1 is 1.20 bits per heavy atom. The SMILES string of the molecule is CCNC(=O)COc1ccc(NC(=O)C2(COC)CCNCC2)cc1. The Bertz CT molecular complexity index is 563. The fourth-order valence-corrected chi connectivity index (χ4v) is 2.91. The second-order valence-corrected chi connectivity index (χ2v) is 6.18. The smallest absolute Gasteiger partial charge is 0.257 e. The minimum Gasteiger partial charge on any atom is -0.484 e. The zero-order valence-corrected chi connectivity index (χ0v) is 14.9. The van der Waals surface area contributed by atoms with Crippen LogP contribution in [0.15, 0.2) is 24.3 Å². The molecule has 0 radical (unpaired) electrons. The van der Waals surface area contributed by atoms with E-state index in [1.165, 1.54) is 0 Å². The molecule has 25 heavy (non-hydrogen) atoms. The van der Waals surface area contributed by atoms with Crippen LogP contribution in [0.1, 0.15) is 19.8 Å². The molecule has 7 heteroatoms. The molecule has 0 atom stereocenters. The number of likely N-dealkylation sites (N-methyl/N-ethyl adjacent to an activating group) is 1. The number of carbonyl (C=O) groups excluding carboxylic acids is 2. The molecule has 138 valence electrons. The summed E-state index contributed by atoms with van der Waals surface area (Å²) in [5, 5.41) is 8.91. The lowest BCUT2D eigenvalue weighted by Gasteiger charge is -2.35. The zero-order valence-electron chi connectivity index (χ0n) is 14.9. The van der Waals surface area contributed by atoms with E-state index in [4.69, 9.17) is 9.47 Å². The molecule has 1 heterocycles. The van der Waals surface area contributed by atoms with Gasteiger partial charge in [0.2, 0.25) is 5.91 Å². The maximum atomic E-state index is 12.7. The number of anilines is 1. The molecule has 1 aromatic rings. The van der Waals surface area contributed by atoms with Crippen LogP contribution in [0.3, 0.4) is 0 Å². The molecule has 3 N–H and O–H groups in total. The molecule has 0 saturated carbocycles. The van der Waals surface area contributed by atoms with Crippen molar-refractivity contribution < 1.29 is 19.1 Å². The molecule has 0 bridgehead atoms. The summed E-state index contributed by atoms with van der Waals surface area (Å²) in [7, 11) is 1.62. The maximum absolute atomic E-state index is 12.7. The fourth-order valence-electron chi connectivity index (χ4n) is 2.91. The van der Waals surface area contributed by atoms with E-state index in [1.807, 2.05) is 6.92 Å². The molecule has 0 spiro atoms. The van der Waals surface area contributed by atoms with Gasteiger partial charge in [-0.25, -0.2) is 0 Å². The lowest BCUT2D eigenvalue weighted by molar-refractivity contribution is -0.130. The maximum Gasteiger partial charge on any atom is 0.257 e. The van der Waals surface area contributed by atoms with Crippen LogP contribution in [-0.2, 0) is 14.3 Å². The van der Waals surface area contributed by atoms with Crippen LogP contribution in [-0.4, -0.2) is 51.8 Å². The monoisotopic (exact) mass is 349 g/mol. The number of piperidine rings is 1. The van der Waals surface area contributed by atoms with E-state index in [0.717, 1.165) is 25.9 Å². The van der Waals surface area contributed by atoms with Crippen molar-refractivity contribution in [3.05, 3.63) is 24.3 Å². The standard InChI is InChI=1S/C18H27N3O4/c1-3-20-16(22)12-25-15-6-4-14(5-7-15)21-17(23)18(13-24-2)8-10-19-11-9-18/h4-7,19H,3,8-13H2,1-2H3,(H,20,22)(H,21,23). The van der Waals surface area contributed by atoms with Crippen molar-refractivity contribution in [2.45, 2.75) is 19.8 Å². The summed E-state index contributed by atoms with van der Waals surface area (Å²) in [5.74, 6) is 0.400. The topological polar surface area (TPSA) is 88.7 Å². The molecule has 0 aliphatic carbocycles. The first-order valence-electron chi connectivity index (χ1n) is 8.60. The van der Waals surface area contributed by atoms with E-state index in [1.54, 1.807) is 31.4 Å². The zero-order chi connectivity index (χ0) is 18.1. The number of hydrogen-bond donors (Lipinski definition) is 3. The first-order chi connectivity index (χ1) is 12.1. The Morgan fingerprint density at radius 2 is 1.88 bits per heavy atom. The quantitative estimate of drug-likeness (QED) is 0.655. The van der Waals surface area contributed by atoms with E-state index < -0.39 is 5.41 Å². The highest BCUT2D eigenvalue weighted by molar-refractivity contribution is 5.95. The van der Waals surface area contributed by atoms with Crippen LogP contribution < -0.4 is 20.7 Å². The molecule has 2 rings (SSSR count). The molecule has 1 aliphatic heterocycles. The Kier molecular flexibility index (Phi) is 7.21. The summed E-state index contributed by atoms with van der Waals surface area (Å²) in [6, 6.07) is 7.01. The van der Waals surface area contributed by atoms with Crippen LogP contribution in [0, 0.1) is 5.41 Å². The van der Waals surface area contributed by atoms with Gasteiger partial charge in [0.15, 0.2) is 6.61 Å². The number of methoxy groups -OCH3 is 1. The Balaban J connectivity index is 1.93. The molecule has 0 unspecified atom stereocenters. The van der Waals surface area contributed by atoms with Crippen LogP contribution in [0.4, 0.5) is 5.69 Å². The second-order valence-electron chi connectivity index (χ2n) is 6.18. The number of nitrogens with one attached hydrogen (secondary N) is 3. The largest absolute Gasteiger partial charge is 0.484 e. The van der Waals surface area contributed by atoms with Crippen molar-refractivity contribution >= 4 is 17.5 Å². The van der Waals surface area contributed by atoms with Crippen LogP contribution in [0.2, 0.25) is 0 Å². The van der Waals surface area contributed by atoms with Gasteiger partial charge in [0.25, 0.3) is 5.91 Å². The first-order valence-corrected chi connectivity index (χ1v) is 8.60. The highest BCUT2D eigenvalue weighted by Gasteiger charge is 2.39. The van der Waals surface area contributed by atoms with Crippen molar-refractivity contribution in [1.29, 1.82) is 0 Å². The summed E-state index contributed by atoms with van der Waals surface area (Å²) < 4.78 is 10.7. The average Bonchev–Trinajstić information content (AvgIpc) is 2.62. The van der Waals surface area contributed by atoms with Gasteiger partial charge in [-0.15, -0.1) is 0 Å². The van der Waals surface area contributed by atoms with E-state index in [0.29, 0.717) is 24.6 Å². The molecule has 1 saturated heterocycles. The first kappa shape index (κ1) is 19.2. The van der Waals surface area contributed by atoms with Gasteiger partial charge in [0.1, 0.15) is 5.75 Å². The van der Waals surface area contributed by atoms with Crippen LogP contribution in [0.25, 0.3) is 0 Å². The number of hydrogen-bond acceptors (Lipinski definition) is 5. The number of ether oxygens (including phenoxy) is 2. The predicted molar refractivity (Wildman–Crippen MR) is 95.7 cm³/mol. The highest BCUT2D eigenvalue weighted by Crippen LogP contribution is 2.31. The van der Waals surface area contributed by atoms with Gasteiger partial charge in [-0.1, -0.05) is 0 Å². The van der Waals surface area contributed by atoms with Crippen LogP contribution in [0.5, 0.6) is 5.75 Å². The van der Waals surface area contributed by atoms with Gasteiger partial charge in [0.05, 0.1) is 12.0 Å². The van der Waals surface area contributed by atoms with Crippen molar-refractivity contribution in [1.82, 2.24) is 10.6 Å². The average molecular weight is 349 g/mol. The van der Waals surface area contributed by atoms with Gasteiger partial charge in [0, 0.05) is 19.3 Å². The summed E-state index contributed by atoms with van der Waals surface area (Å²) in [5.41, 5.74) is 0.206. The molecule has 1 aliphatic rings. The minimum absolute atomic E-state index is 0.0214. The van der Waals surface area contributed by atoms with Crippen molar-refractivity contribution in [3.8, 4) is 5.75 Å².